The topological polar surface area (TPSA) is 136 Å². The zero-order valence-corrected chi connectivity index (χ0v) is 30.0. The van der Waals surface area contributed by atoms with Crippen molar-refractivity contribution in [3.8, 4) is 22.4 Å². The lowest BCUT2D eigenvalue weighted by Crippen LogP contribution is -2.52. The van der Waals surface area contributed by atoms with Crippen molar-refractivity contribution in [1.29, 1.82) is 0 Å². The molecule has 4 heterocycles. The molecule has 2 aliphatic rings. The number of ether oxygens (including phenoxy) is 2. The summed E-state index contributed by atoms with van der Waals surface area (Å²) in [5.74, 6) is -2.96. The molecule has 16 heteroatoms. The van der Waals surface area contributed by atoms with E-state index < -0.39 is 17.5 Å². The minimum atomic E-state index is -1.11. The Kier molecular flexibility index (Phi) is 11.6. The van der Waals surface area contributed by atoms with Gasteiger partial charge >= 0.3 is 0 Å². The summed E-state index contributed by atoms with van der Waals surface area (Å²) in [6, 6.07) is 7.45. The number of amides is 3. The van der Waals surface area contributed by atoms with Crippen LogP contribution in [-0.4, -0.2) is 107 Å². The monoisotopic (exact) mass is 738 g/mol. The number of methoxy groups -OCH3 is 2. The van der Waals surface area contributed by atoms with E-state index in [1.54, 1.807) is 22.8 Å². The van der Waals surface area contributed by atoms with Crippen LogP contribution in [0.2, 0.25) is 5.02 Å². The number of nitrogens with zero attached hydrogens (tertiary/aromatic N) is 6. The molecule has 3 amide bonds. The Morgan fingerprint density at radius 1 is 0.942 bits per heavy atom. The Bertz CT molecular complexity index is 1950. The fourth-order valence-corrected chi connectivity index (χ4v) is 6.96. The highest BCUT2D eigenvalue weighted by Gasteiger charge is 2.31. The second-order valence-corrected chi connectivity index (χ2v) is 13.2. The molecular formula is C36H41ClF2N8O5. The minimum Gasteiger partial charge on any atom is -0.383 e. The number of piperazine rings is 1. The third kappa shape index (κ3) is 7.58. The maximum absolute atomic E-state index is 15.7. The minimum absolute atomic E-state index is 0.0147. The molecule has 276 valence electrons. The summed E-state index contributed by atoms with van der Waals surface area (Å²) in [5, 5.41) is 10.4. The molecule has 2 saturated heterocycles. The Labute approximate surface area is 304 Å². The van der Waals surface area contributed by atoms with E-state index in [0.29, 0.717) is 56.3 Å². The van der Waals surface area contributed by atoms with Gasteiger partial charge in [-0.05, 0) is 50.2 Å². The number of halogens is 3. The van der Waals surface area contributed by atoms with Gasteiger partial charge < -0.3 is 34.5 Å². The molecule has 52 heavy (non-hydrogen) atoms. The third-order valence-electron chi connectivity index (χ3n) is 9.60. The molecule has 2 N–H and O–H groups in total. The van der Waals surface area contributed by atoms with Gasteiger partial charge in [0.1, 0.15) is 0 Å². The highest BCUT2D eigenvalue weighted by molar-refractivity contribution is 6.34. The second kappa shape index (κ2) is 16.3. The summed E-state index contributed by atoms with van der Waals surface area (Å²) in [6.45, 7) is 4.31. The lowest BCUT2D eigenvalue weighted by molar-refractivity contribution is -0.137. The molecule has 2 aliphatic heterocycles. The first-order valence-electron chi connectivity index (χ1n) is 17.1. The number of piperidine rings is 1. The average molecular weight is 739 g/mol. The molecule has 13 nitrogen and oxygen atoms in total. The SMILES string of the molecule is COCCn1ncc(-c2ccc(-c3cnc(C(=O)Nc4ccc(C(=O)N5CCN(C(=O)C6CCNCC6)CC5)c(Cl)c4)n3C)c(F)c2F)c1COC. The van der Waals surface area contributed by atoms with Gasteiger partial charge in [-0.3, -0.25) is 19.1 Å². The Morgan fingerprint density at radius 2 is 1.63 bits per heavy atom. The van der Waals surface area contributed by atoms with Gasteiger partial charge in [0, 0.05) is 75.7 Å². The number of carbonyl (C=O) groups excluding carboxylic acids is 3. The highest BCUT2D eigenvalue weighted by atomic mass is 35.5. The van der Waals surface area contributed by atoms with Crippen molar-refractivity contribution in [2.24, 2.45) is 13.0 Å². The average Bonchev–Trinajstić information content (AvgIpc) is 3.74. The molecule has 0 atom stereocenters. The maximum Gasteiger partial charge on any atom is 0.291 e. The van der Waals surface area contributed by atoms with Crippen molar-refractivity contribution in [2.75, 3.05) is 65.4 Å². The smallest absolute Gasteiger partial charge is 0.291 e. The Morgan fingerprint density at radius 3 is 2.33 bits per heavy atom. The van der Waals surface area contributed by atoms with Crippen LogP contribution in [-0.2, 0) is 34.5 Å². The van der Waals surface area contributed by atoms with Crippen LogP contribution >= 0.6 is 11.6 Å². The molecule has 2 fully saturated rings. The van der Waals surface area contributed by atoms with Crippen LogP contribution in [0.25, 0.3) is 22.4 Å². The first-order valence-corrected chi connectivity index (χ1v) is 17.4. The number of nitrogens with one attached hydrogen (secondary N) is 2. The van der Waals surface area contributed by atoms with Crippen LogP contribution in [0.4, 0.5) is 14.5 Å². The number of aromatic nitrogens is 4. The zero-order valence-electron chi connectivity index (χ0n) is 29.3. The first kappa shape index (κ1) is 37.1. The van der Waals surface area contributed by atoms with Gasteiger partial charge in [0.25, 0.3) is 11.8 Å². The maximum atomic E-state index is 15.7. The molecule has 0 aliphatic carbocycles. The van der Waals surface area contributed by atoms with Crippen molar-refractivity contribution in [3.05, 3.63) is 76.5 Å². The summed E-state index contributed by atoms with van der Waals surface area (Å²) in [6.07, 6.45) is 4.40. The van der Waals surface area contributed by atoms with E-state index in [9.17, 15) is 14.4 Å². The van der Waals surface area contributed by atoms with Gasteiger partial charge in [0.15, 0.2) is 17.5 Å². The standard InChI is InChI=1S/C36H41ClF2N8O5/c1-44-29(26-7-6-24(31(38)32(26)39)27-19-42-47(16-17-51-2)30(27)21-52-3)20-41-33(44)34(48)43-23-4-5-25(28(37)18-23)36(50)46-14-12-45(13-15-46)35(49)22-8-10-40-11-9-22/h4-7,18-20,22,40H,8-17,21H2,1-3H3,(H,43,48). The highest BCUT2D eigenvalue weighted by Crippen LogP contribution is 2.34. The lowest BCUT2D eigenvalue weighted by atomic mass is 9.96. The molecule has 0 bridgehead atoms. The van der Waals surface area contributed by atoms with Crippen molar-refractivity contribution >= 4 is 35.0 Å². The first-order chi connectivity index (χ1) is 25.1. The molecule has 4 aromatic rings. The fourth-order valence-electron chi connectivity index (χ4n) is 6.70. The van der Waals surface area contributed by atoms with E-state index >= 15 is 8.78 Å². The quantitative estimate of drug-likeness (QED) is 0.234. The number of hydrogen-bond acceptors (Lipinski definition) is 8. The van der Waals surface area contributed by atoms with E-state index in [4.69, 9.17) is 21.1 Å². The van der Waals surface area contributed by atoms with Crippen molar-refractivity contribution in [1.82, 2.24) is 34.4 Å². The normalized spacial score (nSPS) is 15.3. The van der Waals surface area contributed by atoms with E-state index in [1.807, 2.05) is 4.90 Å². The van der Waals surface area contributed by atoms with E-state index in [1.165, 1.54) is 55.4 Å². The molecule has 0 saturated carbocycles. The Hall–Kier alpha value is -4.70. The molecule has 2 aromatic carbocycles. The molecule has 0 unspecified atom stereocenters. The van der Waals surface area contributed by atoms with Crippen molar-refractivity contribution in [2.45, 2.75) is 26.0 Å². The van der Waals surface area contributed by atoms with Gasteiger partial charge in [0.2, 0.25) is 5.91 Å². The fraction of sp³-hybridized carbons (Fsp3) is 0.417. The summed E-state index contributed by atoms with van der Waals surface area (Å²) < 4.78 is 44.7. The summed E-state index contributed by atoms with van der Waals surface area (Å²) >= 11 is 6.52. The number of imidazole rings is 1. The molecule has 0 spiro atoms. The van der Waals surface area contributed by atoms with E-state index in [2.05, 4.69) is 20.7 Å². The van der Waals surface area contributed by atoms with Crippen molar-refractivity contribution in [3.63, 3.8) is 0 Å². The van der Waals surface area contributed by atoms with Gasteiger partial charge in [0.05, 0.1) is 54.1 Å². The molecular weight excluding hydrogens is 698 g/mol. The molecule has 6 rings (SSSR count). The van der Waals surface area contributed by atoms with Crippen LogP contribution < -0.4 is 10.6 Å². The summed E-state index contributed by atoms with van der Waals surface area (Å²) in [5.41, 5.74) is 1.65. The van der Waals surface area contributed by atoms with E-state index in [-0.39, 0.29) is 57.6 Å². The van der Waals surface area contributed by atoms with Crippen LogP contribution in [0.5, 0.6) is 0 Å². The lowest BCUT2D eigenvalue weighted by Gasteiger charge is -2.37. The summed E-state index contributed by atoms with van der Waals surface area (Å²) in [4.78, 5) is 47.2. The van der Waals surface area contributed by atoms with Gasteiger partial charge in [-0.25, -0.2) is 13.8 Å². The van der Waals surface area contributed by atoms with Crippen LogP contribution in [0.15, 0.2) is 42.7 Å². The van der Waals surface area contributed by atoms with Gasteiger partial charge in [-0.2, -0.15) is 5.10 Å². The predicted molar refractivity (Wildman–Crippen MR) is 190 cm³/mol. The van der Waals surface area contributed by atoms with Crippen molar-refractivity contribution < 1.29 is 32.6 Å². The molecule has 0 radical (unpaired) electrons. The number of hydrogen-bond donors (Lipinski definition) is 2. The van der Waals surface area contributed by atoms with Gasteiger partial charge in [-0.15, -0.1) is 0 Å². The number of benzene rings is 2. The predicted octanol–water partition coefficient (Wildman–Crippen LogP) is 4.21. The van der Waals surface area contributed by atoms with Crippen LogP contribution in [0.1, 0.15) is 39.5 Å². The largest absolute Gasteiger partial charge is 0.383 e. The Balaban J connectivity index is 1.12. The van der Waals surface area contributed by atoms with Gasteiger partial charge in [-0.1, -0.05) is 17.7 Å². The van der Waals surface area contributed by atoms with E-state index in [0.717, 1.165) is 25.9 Å². The van der Waals surface area contributed by atoms with Crippen LogP contribution in [0, 0.1) is 17.6 Å². The van der Waals surface area contributed by atoms with Crippen LogP contribution in [0.3, 0.4) is 0 Å². The second-order valence-electron chi connectivity index (χ2n) is 12.8. The number of carbonyl (C=O) groups is 3. The third-order valence-corrected chi connectivity index (χ3v) is 9.91. The molecule has 2 aromatic heterocycles. The number of anilines is 1. The zero-order chi connectivity index (χ0) is 36.9. The number of rotatable bonds is 11. The summed E-state index contributed by atoms with van der Waals surface area (Å²) in [7, 11) is 4.58.